The summed E-state index contributed by atoms with van der Waals surface area (Å²) in [5.41, 5.74) is 6.27. The number of aromatic hydroxyl groups is 2. The van der Waals surface area contributed by atoms with Crippen LogP contribution in [0.25, 0.3) is 0 Å². The van der Waals surface area contributed by atoms with Crippen molar-refractivity contribution in [2.75, 3.05) is 0 Å². The van der Waals surface area contributed by atoms with E-state index in [4.69, 9.17) is 0 Å². The van der Waals surface area contributed by atoms with E-state index in [-0.39, 0.29) is 0 Å². The molecule has 0 unspecified atom stereocenters. The molecule has 100 valence electrons. The van der Waals surface area contributed by atoms with Crippen molar-refractivity contribution in [2.24, 2.45) is 0 Å². The summed E-state index contributed by atoms with van der Waals surface area (Å²) < 4.78 is 0. The van der Waals surface area contributed by atoms with E-state index in [9.17, 15) is 10.2 Å². The van der Waals surface area contributed by atoms with Crippen molar-refractivity contribution < 1.29 is 10.2 Å². The standard InChI is InChI=1S/C17H20O2/c1-10-5-13(4)17(19)14(6-10)9-16-11(2)7-15(18)8-12(16)3/h5-8,18-19H,9H2,1-4H3. The molecule has 0 aliphatic carbocycles. The predicted octanol–water partition coefficient (Wildman–Crippen LogP) is 3.92. The Bertz CT molecular complexity index is 604. The Hall–Kier alpha value is -1.96. The van der Waals surface area contributed by atoms with Gasteiger partial charge in [-0.15, -0.1) is 0 Å². The van der Waals surface area contributed by atoms with Crippen molar-refractivity contribution in [3.8, 4) is 11.5 Å². The third-order valence-electron chi connectivity index (χ3n) is 3.57. The van der Waals surface area contributed by atoms with Gasteiger partial charge in [-0.25, -0.2) is 0 Å². The van der Waals surface area contributed by atoms with Crippen LogP contribution in [0.15, 0.2) is 24.3 Å². The van der Waals surface area contributed by atoms with E-state index >= 15 is 0 Å². The number of benzene rings is 2. The normalized spacial score (nSPS) is 10.7. The van der Waals surface area contributed by atoms with Gasteiger partial charge in [-0.2, -0.15) is 0 Å². The molecular formula is C17H20O2. The number of phenolic OH excluding ortho intramolecular Hbond substituents is 2. The fourth-order valence-electron chi connectivity index (χ4n) is 2.62. The van der Waals surface area contributed by atoms with Gasteiger partial charge in [0.1, 0.15) is 11.5 Å². The molecule has 0 saturated heterocycles. The van der Waals surface area contributed by atoms with Crippen molar-refractivity contribution >= 4 is 0 Å². The summed E-state index contributed by atoms with van der Waals surface area (Å²) in [5.74, 6) is 0.667. The molecule has 0 aliphatic rings. The lowest BCUT2D eigenvalue weighted by Crippen LogP contribution is -1.97. The lowest BCUT2D eigenvalue weighted by molar-refractivity contribution is 0.465. The number of hydrogen-bond donors (Lipinski definition) is 2. The summed E-state index contributed by atoms with van der Waals surface area (Å²) in [7, 11) is 0. The highest BCUT2D eigenvalue weighted by molar-refractivity contribution is 5.48. The van der Waals surface area contributed by atoms with Crippen LogP contribution in [0.1, 0.15) is 33.4 Å². The Morgan fingerprint density at radius 2 is 1.37 bits per heavy atom. The first-order chi connectivity index (χ1) is 8.88. The van der Waals surface area contributed by atoms with Gasteiger partial charge >= 0.3 is 0 Å². The predicted molar refractivity (Wildman–Crippen MR) is 78.0 cm³/mol. The SMILES string of the molecule is Cc1cc(C)c(O)c(Cc2c(C)cc(O)cc2C)c1. The summed E-state index contributed by atoms with van der Waals surface area (Å²) in [4.78, 5) is 0. The van der Waals surface area contributed by atoms with Crippen molar-refractivity contribution in [1.29, 1.82) is 0 Å². The molecule has 0 bridgehead atoms. The highest BCUT2D eigenvalue weighted by Crippen LogP contribution is 2.29. The Kier molecular flexibility index (Phi) is 3.52. The minimum Gasteiger partial charge on any atom is -0.508 e. The van der Waals surface area contributed by atoms with Crippen LogP contribution >= 0.6 is 0 Å². The molecule has 2 rings (SSSR count). The van der Waals surface area contributed by atoms with Crippen LogP contribution in [0, 0.1) is 27.7 Å². The monoisotopic (exact) mass is 256 g/mol. The molecule has 0 amide bonds. The first-order valence-corrected chi connectivity index (χ1v) is 6.46. The average Bonchev–Trinajstić information content (AvgIpc) is 2.29. The maximum absolute atomic E-state index is 10.2. The first-order valence-electron chi connectivity index (χ1n) is 6.46. The van der Waals surface area contributed by atoms with Crippen molar-refractivity contribution in [3.05, 3.63) is 57.6 Å². The Morgan fingerprint density at radius 1 is 0.789 bits per heavy atom. The van der Waals surface area contributed by atoms with Crippen LogP contribution in [0.5, 0.6) is 11.5 Å². The van der Waals surface area contributed by atoms with Crippen molar-refractivity contribution in [2.45, 2.75) is 34.1 Å². The van der Waals surface area contributed by atoms with Gasteiger partial charge in [-0.3, -0.25) is 0 Å². The van der Waals surface area contributed by atoms with Crippen LogP contribution in [0.4, 0.5) is 0 Å². The summed E-state index contributed by atoms with van der Waals surface area (Å²) >= 11 is 0. The van der Waals surface area contributed by atoms with Crippen molar-refractivity contribution in [3.63, 3.8) is 0 Å². The Morgan fingerprint density at radius 3 is 1.95 bits per heavy atom. The molecule has 0 saturated carbocycles. The smallest absolute Gasteiger partial charge is 0.122 e. The number of hydrogen-bond acceptors (Lipinski definition) is 2. The second-order valence-corrected chi connectivity index (χ2v) is 5.32. The summed E-state index contributed by atoms with van der Waals surface area (Å²) in [6.45, 7) is 7.93. The highest BCUT2D eigenvalue weighted by Gasteiger charge is 2.11. The largest absolute Gasteiger partial charge is 0.508 e. The van der Waals surface area contributed by atoms with E-state index < -0.39 is 0 Å². The van der Waals surface area contributed by atoms with E-state index in [0.717, 1.165) is 33.4 Å². The van der Waals surface area contributed by atoms with Gasteiger partial charge < -0.3 is 10.2 Å². The van der Waals surface area contributed by atoms with Crippen LogP contribution < -0.4 is 0 Å². The molecule has 0 atom stereocenters. The first kappa shape index (κ1) is 13.5. The molecule has 2 heteroatoms. The summed E-state index contributed by atoms with van der Waals surface area (Å²) in [5, 5.41) is 19.7. The second-order valence-electron chi connectivity index (χ2n) is 5.32. The number of phenols is 2. The third-order valence-corrected chi connectivity index (χ3v) is 3.57. The molecule has 0 fully saturated rings. The van der Waals surface area contributed by atoms with Gasteiger partial charge in [-0.05, 0) is 67.6 Å². The lowest BCUT2D eigenvalue weighted by Gasteiger charge is -2.13. The molecular weight excluding hydrogens is 236 g/mol. The van der Waals surface area contributed by atoms with E-state index in [1.807, 2.05) is 39.8 Å². The van der Waals surface area contributed by atoms with Gasteiger partial charge in [-0.1, -0.05) is 17.7 Å². The summed E-state index contributed by atoms with van der Waals surface area (Å²) in [6.07, 6.45) is 0.687. The molecule has 2 aromatic carbocycles. The minimum absolute atomic E-state index is 0.295. The quantitative estimate of drug-likeness (QED) is 0.855. The van der Waals surface area contributed by atoms with Gasteiger partial charge in [0.25, 0.3) is 0 Å². The molecule has 0 aliphatic heterocycles. The van der Waals surface area contributed by atoms with E-state index in [2.05, 4.69) is 0 Å². The maximum atomic E-state index is 10.2. The topological polar surface area (TPSA) is 40.5 Å². The van der Waals surface area contributed by atoms with Crippen LogP contribution in [0.3, 0.4) is 0 Å². The van der Waals surface area contributed by atoms with E-state index in [1.54, 1.807) is 12.1 Å². The highest BCUT2D eigenvalue weighted by atomic mass is 16.3. The zero-order valence-electron chi connectivity index (χ0n) is 11.9. The molecule has 2 nitrogen and oxygen atoms in total. The van der Waals surface area contributed by atoms with Crippen molar-refractivity contribution in [1.82, 2.24) is 0 Å². The Balaban J connectivity index is 2.48. The van der Waals surface area contributed by atoms with E-state index in [1.165, 1.54) is 0 Å². The average molecular weight is 256 g/mol. The fraction of sp³-hybridized carbons (Fsp3) is 0.294. The molecule has 2 aromatic rings. The van der Waals surface area contributed by atoms with Crippen LogP contribution in [0.2, 0.25) is 0 Å². The molecule has 0 radical (unpaired) electrons. The van der Waals surface area contributed by atoms with Gasteiger partial charge in [0.2, 0.25) is 0 Å². The zero-order chi connectivity index (χ0) is 14.2. The van der Waals surface area contributed by atoms with Gasteiger partial charge in [0, 0.05) is 6.42 Å². The zero-order valence-corrected chi connectivity index (χ0v) is 11.9. The van der Waals surface area contributed by atoms with Gasteiger partial charge in [0.15, 0.2) is 0 Å². The number of rotatable bonds is 2. The van der Waals surface area contributed by atoms with Gasteiger partial charge in [0.05, 0.1) is 0 Å². The third kappa shape index (κ3) is 2.73. The molecule has 2 N–H and O–H groups in total. The minimum atomic E-state index is 0.295. The number of aryl methyl sites for hydroxylation is 4. The molecule has 0 aromatic heterocycles. The fourth-order valence-corrected chi connectivity index (χ4v) is 2.62. The Labute approximate surface area is 114 Å². The molecule has 0 heterocycles. The maximum Gasteiger partial charge on any atom is 0.122 e. The molecule has 19 heavy (non-hydrogen) atoms. The van der Waals surface area contributed by atoms with Crippen LogP contribution in [-0.2, 0) is 6.42 Å². The second kappa shape index (κ2) is 4.96. The van der Waals surface area contributed by atoms with E-state index in [0.29, 0.717) is 17.9 Å². The van der Waals surface area contributed by atoms with Crippen LogP contribution in [-0.4, -0.2) is 10.2 Å². The molecule has 0 spiro atoms. The summed E-state index contributed by atoms with van der Waals surface area (Å²) in [6, 6.07) is 7.54. The lowest BCUT2D eigenvalue weighted by atomic mass is 9.93.